The number of nitrogens with one attached hydrogen (secondary N) is 1. The van der Waals surface area contributed by atoms with Crippen molar-refractivity contribution in [2.75, 3.05) is 38.2 Å². The Labute approximate surface area is 184 Å². The van der Waals surface area contributed by atoms with Crippen LogP contribution in [0.1, 0.15) is 25.7 Å². The molecular formula is C22H24N6O2S. The zero-order chi connectivity index (χ0) is 21.9. The third kappa shape index (κ3) is 3.08. The number of piperazine rings is 1. The lowest BCUT2D eigenvalue weighted by Crippen LogP contribution is -2.56. The molecule has 0 unspecified atom stereocenters. The molecule has 1 aromatic carbocycles. The fraction of sp³-hybridized carbons (Fsp3) is 0.318. The molecule has 9 heteroatoms. The Balaban J connectivity index is 1.61. The molecule has 2 aromatic heterocycles. The minimum Gasteiger partial charge on any atom is -0.350 e. The monoisotopic (exact) mass is 436 g/mol. The number of nitrogens with two attached hydrogens (primary N) is 1. The fourth-order valence-electron chi connectivity index (χ4n) is 4.51. The van der Waals surface area contributed by atoms with Gasteiger partial charge in [-0.2, -0.15) is 5.10 Å². The van der Waals surface area contributed by atoms with Crippen LogP contribution >= 0.6 is 11.3 Å². The standard InChI is InChI=1S/C22H24N6O2S/c1-12-11-15(13(2)31-12)20-18-19(24-25-20)14-5-4-6-16(17(14)21(18)29)28(22(23)30)27-9-7-26(3)8-10-27/h4-6,11H,7-10H2,1-3H3,(H2,23,30)(H,24,25). The quantitative estimate of drug-likeness (QED) is 0.514. The van der Waals surface area contributed by atoms with Crippen molar-refractivity contribution >= 4 is 28.8 Å². The first-order valence-electron chi connectivity index (χ1n) is 10.2. The number of primary amides is 1. The highest BCUT2D eigenvalue weighted by Crippen LogP contribution is 2.45. The Morgan fingerprint density at radius 2 is 1.90 bits per heavy atom. The SMILES string of the molecule is Cc1cc(-c2n[nH]c3c2C(=O)c2c-3cccc2N(C(N)=O)N2CCN(C)CC2)c(C)s1. The van der Waals surface area contributed by atoms with Gasteiger partial charge in [0.25, 0.3) is 0 Å². The van der Waals surface area contributed by atoms with Crippen molar-refractivity contribution in [3.63, 3.8) is 0 Å². The first-order valence-corrected chi connectivity index (χ1v) is 11.0. The highest BCUT2D eigenvalue weighted by Gasteiger charge is 2.38. The summed E-state index contributed by atoms with van der Waals surface area (Å²) in [7, 11) is 2.05. The lowest BCUT2D eigenvalue weighted by molar-refractivity contribution is 0.104. The van der Waals surface area contributed by atoms with Crippen molar-refractivity contribution in [2.45, 2.75) is 13.8 Å². The minimum absolute atomic E-state index is 0.131. The summed E-state index contributed by atoms with van der Waals surface area (Å²) < 4.78 is 0. The third-order valence-corrected chi connectivity index (χ3v) is 6.99. The molecule has 1 aliphatic carbocycles. The summed E-state index contributed by atoms with van der Waals surface area (Å²) in [5.41, 5.74) is 10.5. The van der Waals surface area contributed by atoms with Crippen LogP contribution in [0.4, 0.5) is 10.5 Å². The number of rotatable bonds is 3. The molecule has 8 nitrogen and oxygen atoms in total. The number of thiophene rings is 1. The number of urea groups is 1. The van der Waals surface area contributed by atoms with Gasteiger partial charge in [-0.15, -0.1) is 11.3 Å². The number of benzene rings is 1. The van der Waals surface area contributed by atoms with E-state index in [4.69, 9.17) is 5.73 Å². The first-order chi connectivity index (χ1) is 14.9. The Kier molecular flexibility index (Phi) is 4.69. The lowest BCUT2D eigenvalue weighted by Gasteiger charge is -2.39. The molecule has 0 atom stereocenters. The summed E-state index contributed by atoms with van der Waals surface area (Å²) in [5.74, 6) is -0.131. The number of likely N-dealkylation sites (N-methyl/N-ethyl adjacent to an activating group) is 1. The molecule has 3 N–H and O–H groups in total. The predicted molar refractivity (Wildman–Crippen MR) is 121 cm³/mol. The van der Waals surface area contributed by atoms with E-state index in [9.17, 15) is 9.59 Å². The van der Waals surface area contributed by atoms with E-state index in [0.717, 1.165) is 29.1 Å². The minimum atomic E-state index is -0.594. The zero-order valence-corrected chi connectivity index (χ0v) is 18.5. The van der Waals surface area contributed by atoms with Crippen LogP contribution in [-0.2, 0) is 0 Å². The number of carbonyl (C=O) groups excluding carboxylic acids is 2. The van der Waals surface area contributed by atoms with Gasteiger partial charge in [0.2, 0.25) is 0 Å². The number of hydrazine groups is 1. The molecule has 1 saturated heterocycles. The normalized spacial score (nSPS) is 16.4. The van der Waals surface area contributed by atoms with Gasteiger partial charge >= 0.3 is 6.03 Å². The van der Waals surface area contributed by atoms with Gasteiger partial charge in [0, 0.05) is 47.1 Å². The van der Waals surface area contributed by atoms with Gasteiger partial charge in [-0.05, 0) is 33.0 Å². The summed E-state index contributed by atoms with van der Waals surface area (Å²) in [5, 5.41) is 10.9. The number of hydrogen-bond acceptors (Lipinski definition) is 6. The average molecular weight is 437 g/mol. The number of aromatic amines is 1. The largest absolute Gasteiger partial charge is 0.350 e. The van der Waals surface area contributed by atoms with E-state index >= 15 is 0 Å². The van der Waals surface area contributed by atoms with Gasteiger partial charge in [-0.3, -0.25) is 9.89 Å². The van der Waals surface area contributed by atoms with Crippen molar-refractivity contribution in [3.05, 3.63) is 45.1 Å². The van der Waals surface area contributed by atoms with Crippen molar-refractivity contribution in [1.29, 1.82) is 0 Å². The molecule has 3 heterocycles. The maximum absolute atomic E-state index is 13.7. The summed E-state index contributed by atoms with van der Waals surface area (Å²) >= 11 is 1.68. The van der Waals surface area contributed by atoms with Crippen LogP contribution in [0.15, 0.2) is 24.3 Å². The van der Waals surface area contributed by atoms with Crippen LogP contribution in [0, 0.1) is 13.8 Å². The maximum Gasteiger partial charge on any atom is 0.334 e. The number of anilines is 1. The summed E-state index contributed by atoms with van der Waals surface area (Å²) in [4.78, 5) is 30.7. The topological polar surface area (TPSA) is 98.6 Å². The predicted octanol–water partition coefficient (Wildman–Crippen LogP) is 3.01. The highest BCUT2D eigenvalue weighted by molar-refractivity contribution is 7.12. The van der Waals surface area contributed by atoms with Gasteiger partial charge in [-0.1, -0.05) is 12.1 Å². The van der Waals surface area contributed by atoms with Crippen molar-refractivity contribution in [3.8, 4) is 22.5 Å². The van der Waals surface area contributed by atoms with Crippen molar-refractivity contribution in [1.82, 2.24) is 20.1 Å². The lowest BCUT2D eigenvalue weighted by atomic mass is 10.0. The maximum atomic E-state index is 13.7. The van der Waals surface area contributed by atoms with Crippen LogP contribution < -0.4 is 10.7 Å². The molecule has 31 heavy (non-hydrogen) atoms. The summed E-state index contributed by atoms with van der Waals surface area (Å²) in [6.07, 6.45) is 0. The number of aromatic nitrogens is 2. The smallest absolute Gasteiger partial charge is 0.334 e. The second-order valence-electron chi connectivity index (χ2n) is 8.08. The molecule has 3 aromatic rings. The van der Waals surface area contributed by atoms with Crippen LogP contribution in [0.5, 0.6) is 0 Å². The van der Waals surface area contributed by atoms with Gasteiger partial charge in [-0.25, -0.2) is 14.8 Å². The Morgan fingerprint density at radius 1 is 1.16 bits per heavy atom. The summed E-state index contributed by atoms with van der Waals surface area (Å²) in [6, 6.07) is 7.00. The Morgan fingerprint density at radius 3 is 2.55 bits per heavy atom. The van der Waals surface area contributed by atoms with E-state index in [1.165, 1.54) is 9.89 Å². The molecule has 2 amide bonds. The second kappa shape index (κ2) is 7.30. The van der Waals surface area contributed by atoms with Gasteiger partial charge < -0.3 is 10.6 Å². The molecule has 0 saturated carbocycles. The van der Waals surface area contributed by atoms with Crippen LogP contribution in [0.3, 0.4) is 0 Å². The first kappa shape index (κ1) is 19.9. The van der Waals surface area contributed by atoms with Crippen LogP contribution in [-0.4, -0.2) is 65.1 Å². The number of carbonyl (C=O) groups is 2. The second-order valence-corrected chi connectivity index (χ2v) is 9.55. The zero-order valence-electron chi connectivity index (χ0n) is 17.7. The van der Waals surface area contributed by atoms with Crippen LogP contribution in [0.25, 0.3) is 22.5 Å². The molecule has 0 radical (unpaired) electrons. The summed E-state index contributed by atoms with van der Waals surface area (Å²) in [6.45, 7) is 7.02. The van der Waals surface area contributed by atoms with E-state index in [-0.39, 0.29) is 5.78 Å². The number of hydrogen-bond donors (Lipinski definition) is 2. The fourth-order valence-corrected chi connectivity index (χ4v) is 5.44. The number of ketones is 1. The number of aryl methyl sites for hydroxylation is 2. The molecule has 1 aliphatic heterocycles. The van der Waals surface area contributed by atoms with E-state index in [1.807, 2.05) is 38.0 Å². The van der Waals surface area contributed by atoms with Crippen molar-refractivity contribution in [2.24, 2.45) is 5.73 Å². The van der Waals surface area contributed by atoms with Gasteiger partial charge in [0.05, 0.1) is 22.5 Å². The molecule has 1 fully saturated rings. The Hall–Kier alpha value is -3.01. The average Bonchev–Trinajstić information content (AvgIpc) is 3.38. The van der Waals surface area contributed by atoms with Crippen LogP contribution in [0.2, 0.25) is 0 Å². The molecule has 5 rings (SSSR count). The van der Waals surface area contributed by atoms with E-state index in [0.29, 0.717) is 41.3 Å². The third-order valence-electron chi connectivity index (χ3n) is 6.03. The number of H-pyrrole nitrogens is 1. The number of fused-ring (bicyclic) bond motifs is 3. The van der Waals surface area contributed by atoms with E-state index in [2.05, 4.69) is 21.2 Å². The highest BCUT2D eigenvalue weighted by atomic mass is 32.1. The van der Waals surface area contributed by atoms with Gasteiger partial charge in [0.1, 0.15) is 5.69 Å². The molecule has 160 valence electrons. The Bertz CT molecular complexity index is 1200. The number of nitrogens with zero attached hydrogens (tertiary/aromatic N) is 4. The van der Waals surface area contributed by atoms with Gasteiger partial charge in [0.15, 0.2) is 5.78 Å². The molecular weight excluding hydrogens is 412 g/mol. The van der Waals surface area contributed by atoms with E-state index in [1.54, 1.807) is 17.4 Å². The van der Waals surface area contributed by atoms with E-state index < -0.39 is 6.03 Å². The number of amides is 2. The molecule has 0 spiro atoms. The molecule has 0 bridgehead atoms. The molecule has 2 aliphatic rings. The van der Waals surface area contributed by atoms with Crippen molar-refractivity contribution < 1.29 is 9.59 Å².